The molecule has 0 bridgehead atoms. The Morgan fingerprint density at radius 1 is 1.17 bits per heavy atom. The number of hydrogen-bond donors (Lipinski definition) is 1. The van der Waals surface area contributed by atoms with Crippen LogP contribution < -0.4 is 10.2 Å². The van der Waals surface area contributed by atoms with Gasteiger partial charge in [-0.25, -0.2) is 4.98 Å². The van der Waals surface area contributed by atoms with Crippen LogP contribution in [-0.4, -0.2) is 53.0 Å². The third-order valence-electron chi connectivity index (χ3n) is 5.04. The highest BCUT2D eigenvalue weighted by Crippen LogP contribution is 2.28. The molecule has 1 aromatic carbocycles. The van der Waals surface area contributed by atoms with Crippen molar-refractivity contribution in [3.05, 3.63) is 63.8 Å². The molecule has 29 heavy (non-hydrogen) atoms. The number of anilines is 2. The molecule has 150 valence electrons. The third-order valence-corrected chi connectivity index (χ3v) is 5.84. The van der Waals surface area contributed by atoms with Crippen molar-refractivity contribution in [3.63, 3.8) is 0 Å². The fourth-order valence-corrected chi connectivity index (χ4v) is 4.05. The summed E-state index contributed by atoms with van der Waals surface area (Å²) in [6.45, 7) is 4.16. The number of rotatable bonds is 6. The molecule has 9 heteroatoms. The van der Waals surface area contributed by atoms with Crippen LogP contribution in [0.25, 0.3) is 11.3 Å². The Kier molecular flexibility index (Phi) is 5.68. The maximum atomic E-state index is 11.5. The average molecular weight is 411 g/mol. The Hall–Kier alpha value is -3.04. The van der Waals surface area contributed by atoms with Crippen LogP contribution in [0.3, 0.4) is 0 Å². The smallest absolute Gasteiger partial charge is 0.274 e. The molecule has 1 N–H and O–H groups in total. The average Bonchev–Trinajstić information content (AvgIpc) is 3.22. The second kappa shape index (κ2) is 8.54. The summed E-state index contributed by atoms with van der Waals surface area (Å²) in [7, 11) is 2.11. The maximum absolute atomic E-state index is 11.5. The van der Waals surface area contributed by atoms with Gasteiger partial charge in [-0.1, -0.05) is 0 Å². The van der Waals surface area contributed by atoms with E-state index in [2.05, 4.69) is 32.1 Å². The number of nitrogens with zero attached hydrogens (tertiary/aromatic N) is 5. The van der Waals surface area contributed by atoms with Crippen molar-refractivity contribution in [1.82, 2.24) is 14.9 Å². The number of nitro benzene ring substituents is 1. The number of likely N-dealkylation sites (N-methyl/N-ethyl adjacent to an activating group) is 1. The summed E-state index contributed by atoms with van der Waals surface area (Å²) in [6, 6.07) is 9.19. The van der Waals surface area contributed by atoms with Crippen LogP contribution >= 0.6 is 11.3 Å². The lowest BCUT2D eigenvalue weighted by Crippen LogP contribution is -2.44. The second-order valence-corrected chi connectivity index (χ2v) is 7.85. The van der Waals surface area contributed by atoms with Gasteiger partial charge in [0.2, 0.25) is 0 Å². The van der Waals surface area contributed by atoms with Gasteiger partial charge in [0.05, 0.1) is 16.2 Å². The van der Waals surface area contributed by atoms with E-state index < -0.39 is 0 Å². The molecule has 3 heterocycles. The summed E-state index contributed by atoms with van der Waals surface area (Å²) in [5, 5.41) is 17.4. The molecule has 0 saturated carbocycles. The first kappa shape index (κ1) is 19.3. The predicted octanol–water partition coefficient (Wildman–Crippen LogP) is 3.48. The molecule has 0 aliphatic carbocycles. The lowest BCUT2D eigenvalue weighted by molar-refractivity contribution is -0.385. The highest BCUT2D eigenvalue weighted by Gasteiger charge is 2.19. The molecule has 4 rings (SSSR count). The van der Waals surface area contributed by atoms with Crippen LogP contribution in [0.4, 0.5) is 16.5 Å². The first-order valence-corrected chi connectivity index (χ1v) is 10.3. The van der Waals surface area contributed by atoms with Gasteiger partial charge in [-0.3, -0.25) is 15.1 Å². The monoisotopic (exact) mass is 410 g/mol. The molecule has 8 nitrogen and oxygen atoms in total. The normalized spacial score (nSPS) is 14.7. The highest BCUT2D eigenvalue weighted by atomic mass is 32.1. The van der Waals surface area contributed by atoms with Crippen LogP contribution in [-0.2, 0) is 6.54 Å². The Labute approximate surface area is 173 Å². The summed E-state index contributed by atoms with van der Waals surface area (Å²) >= 11 is 1.48. The first-order chi connectivity index (χ1) is 14.1. The quantitative estimate of drug-likeness (QED) is 0.492. The van der Waals surface area contributed by atoms with Gasteiger partial charge in [-0.15, -0.1) is 11.3 Å². The summed E-state index contributed by atoms with van der Waals surface area (Å²) in [4.78, 5) is 24.3. The number of hydrogen-bond acceptors (Lipinski definition) is 8. The van der Waals surface area contributed by atoms with Gasteiger partial charge in [-0.2, -0.15) is 0 Å². The lowest BCUT2D eigenvalue weighted by atomic mass is 10.1. The van der Waals surface area contributed by atoms with E-state index in [1.165, 1.54) is 11.3 Å². The van der Waals surface area contributed by atoms with Gasteiger partial charge in [0.25, 0.3) is 5.69 Å². The number of aromatic nitrogens is 2. The van der Waals surface area contributed by atoms with E-state index in [0.717, 1.165) is 48.3 Å². The van der Waals surface area contributed by atoms with Gasteiger partial charge in [-0.05, 0) is 31.3 Å². The molecule has 3 aromatic rings. The number of thiazole rings is 1. The standard InChI is InChI=1S/C20H22N6O2S/c1-24-8-10-25(11-9-24)17-2-3-19(26(27)28)16(12-17)13-22-20-23-18(14-29-20)15-4-6-21-7-5-15/h2-7,12,14H,8-11,13H2,1H3,(H,22,23). The number of piperazine rings is 1. The van der Waals surface area contributed by atoms with Crippen molar-refractivity contribution >= 4 is 27.8 Å². The van der Waals surface area contributed by atoms with Crippen molar-refractivity contribution in [2.24, 2.45) is 0 Å². The van der Waals surface area contributed by atoms with Gasteiger partial charge in [0, 0.05) is 67.8 Å². The molecular weight excluding hydrogens is 388 g/mol. The van der Waals surface area contributed by atoms with Crippen LogP contribution in [0.1, 0.15) is 5.56 Å². The highest BCUT2D eigenvalue weighted by molar-refractivity contribution is 7.14. The Morgan fingerprint density at radius 2 is 1.93 bits per heavy atom. The van der Waals surface area contributed by atoms with Crippen molar-refractivity contribution < 1.29 is 4.92 Å². The zero-order valence-corrected chi connectivity index (χ0v) is 16.9. The van der Waals surface area contributed by atoms with Gasteiger partial charge in [0.1, 0.15) is 0 Å². The third kappa shape index (κ3) is 4.52. The maximum Gasteiger partial charge on any atom is 0.274 e. The molecule has 1 fully saturated rings. The minimum absolute atomic E-state index is 0.126. The van der Waals surface area contributed by atoms with Crippen molar-refractivity contribution in [3.8, 4) is 11.3 Å². The van der Waals surface area contributed by atoms with Crippen molar-refractivity contribution in [1.29, 1.82) is 0 Å². The molecule has 1 aliphatic heterocycles. The largest absolute Gasteiger partial charge is 0.369 e. The van der Waals surface area contributed by atoms with E-state index in [9.17, 15) is 10.1 Å². The zero-order chi connectivity index (χ0) is 20.2. The molecule has 0 amide bonds. The van der Waals surface area contributed by atoms with E-state index in [-0.39, 0.29) is 10.6 Å². The minimum Gasteiger partial charge on any atom is -0.369 e. The fraction of sp³-hybridized carbons (Fsp3) is 0.300. The number of benzene rings is 1. The Bertz CT molecular complexity index is 986. The lowest BCUT2D eigenvalue weighted by Gasteiger charge is -2.34. The van der Waals surface area contributed by atoms with E-state index >= 15 is 0 Å². The minimum atomic E-state index is -0.324. The topological polar surface area (TPSA) is 87.4 Å². The van der Waals surface area contributed by atoms with E-state index in [0.29, 0.717) is 12.1 Å². The summed E-state index contributed by atoms with van der Waals surface area (Å²) in [6.07, 6.45) is 3.46. The molecule has 1 aliphatic rings. The van der Waals surface area contributed by atoms with E-state index in [1.54, 1.807) is 18.5 Å². The molecule has 1 saturated heterocycles. The predicted molar refractivity (Wildman–Crippen MR) is 115 cm³/mol. The Morgan fingerprint density at radius 3 is 2.66 bits per heavy atom. The first-order valence-electron chi connectivity index (χ1n) is 9.41. The van der Waals surface area contributed by atoms with Crippen molar-refractivity contribution in [2.45, 2.75) is 6.54 Å². The molecule has 0 unspecified atom stereocenters. The van der Waals surface area contributed by atoms with Crippen molar-refractivity contribution in [2.75, 3.05) is 43.4 Å². The summed E-state index contributed by atoms with van der Waals surface area (Å²) in [5.74, 6) is 0. The van der Waals surface area contributed by atoms with Crippen LogP contribution in [0.5, 0.6) is 0 Å². The fourth-order valence-electron chi connectivity index (χ4n) is 3.33. The second-order valence-electron chi connectivity index (χ2n) is 6.99. The molecular formula is C20H22N6O2S. The van der Waals surface area contributed by atoms with E-state index in [4.69, 9.17) is 0 Å². The molecule has 0 spiro atoms. The Balaban J connectivity index is 1.50. The number of pyridine rings is 1. The van der Waals surface area contributed by atoms with Crippen LogP contribution in [0.2, 0.25) is 0 Å². The summed E-state index contributed by atoms with van der Waals surface area (Å²) < 4.78 is 0. The van der Waals surface area contributed by atoms with Gasteiger partial charge >= 0.3 is 0 Å². The van der Waals surface area contributed by atoms with Gasteiger partial charge < -0.3 is 15.1 Å². The van der Waals surface area contributed by atoms with Crippen LogP contribution in [0, 0.1) is 10.1 Å². The van der Waals surface area contributed by atoms with Gasteiger partial charge in [0.15, 0.2) is 5.13 Å². The van der Waals surface area contributed by atoms with Crippen LogP contribution in [0.15, 0.2) is 48.1 Å². The molecule has 0 radical (unpaired) electrons. The number of nitro groups is 1. The number of nitrogens with one attached hydrogen (secondary N) is 1. The molecule has 2 aromatic heterocycles. The SMILES string of the molecule is CN1CCN(c2ccc([N+](=O)[O-])c(CNc3nc(-c4ccncc4)cs3)c2)CC1. The zero-order valence-electron chi connectivity index (χ0n) is 16.1. The summed E-state index contributed by atoms with van der Waals surface area (Å²) in [5.41, 5.74) is 3.67. The van der Waals surface area contributed by atoms with E-state index in [1.807, 2.05) is 29.6 Å². The molecule has 0 atom stereocenters.